The second kappa shape index (κ2) is 8.13. The van der Waals surface area contributed by atoms with Crippen molar-refractivity contribution in [2.24, 2.45) is 0 Å². The van der Waals surface area contributed by atoms with E-state index in [2.05, 4.69) is 22.4 Å². The van der Waals surface area contributed by atoms with Crippen molar-refractivity contribution in [3.63, 3.8) is 0 Å². The molecule has 1 aromatic heterocycles. The van der Waals surface area contributed by atoms with E-state index in [4.69, 9.17) is 4.74 Å². The number of carbonyl (C=O) groups is 1. The third-order valence-electron chi connectivity index (χ3n) is 4.70. The number of hydrogen-bond donors (Lipinski definition) is 1. The van der Waals surface area contributed by atoms with Gasteiger partial charge in [-0.2, -0.15) is 0 Å². The van der Waals surface area contributed by atoms with Gasteiger partial charge in [-0.05, 0) is 41.5 Å². The molecule has 1 N–H and O–H groups in total. The van der Waals surface area contributed by atoms with Crippen molar-refractivity contribution < 1.29 is 9.53 Å². The van der Waals surface area contributed by atoms with Gasteiger partial charge in [-0.25, -0.2) is 4.98 Å². The fraction of sp³-hybridized carbons (Fsp3) is 0.217. The molecule has 0 aliphatic heterocycles. The van der Waals surface area contributed by atoms with Gasteiger partial charge in [0.2, 0.25) is 5.91 Å². The molecule has 0 unspecified atom stereocenters. The molecule has 4 rings (SSSR count). The van der Waals surface area contributed by atoms with E-state index in [1.807, 2.05) is 66.1 Å². The molecule has 0 radical (unpaired) electrons. The Bertz CT molecular complexity index is 1120. The maximum absolute atomic E-state index is 12.3. The highest BCUT2D eigenvalue weighted by atomic mass is 16.5. The van der Waals surface area contributed by atoms with Gasteiger partial charge < -0.3 is 14.6 Å². The first kappa shape index (κ1) is 18.0. The number of rotatable bonds is 7. The summed E-state index contributed by atoms with van der Waals surface area (Å²) in [6.07, 6.45) is 0.911. The Morgan fingerprint density at radius 1 is 1.04 bits per heavy atom. The molecule has 5 nitrogen and oxygen atoms in total. The predicted octanol–water partition coefficient (Wildman–Crippen LogP) is 4.29. The first-order valence-electron chi connectivity index (χ1n) is 9.57. The van der Waals surface area contributed by atoms with Crippen LogP contribution in [0, 0.1) is 0 Å². The highest BCUT2D eigenvalue weighted by Gasteiger charge is 2.14. The third-order valence-corrected chi connectivity index (χ3v) is 4.70. The first-order valence-corrected chi connectivity index (χ1v) is 9.57. The maximum Gasteiger partial charge on any atom is 0.240 e. The topological polar surface area (TPSA) is 56.2 Å². The van der Waals surface area contributed by atoms with Gasteiger partial charge in [-0.3, -0.25) is 4.79 Å². The van der Waals surface area contributed by atoms with Crippen molar-refractivity contribution >= 4 is 27.7 Å². The van der Waals surface area contributed by atoms with Crippen molar-refractivity contribution in [3.8, 4) is 5.75 Å². The number of imidazole rings is 1. The van der Waals surface area contributed by atoms with Crippen LogP contribution in [-0.2, 0) is 17.9 Å². The molecule has 0 aliphatic carbocycles. The number of carbonyl (C=O) groups excluding carboxylic acids is 1. The first-order chi connectivity index (χ1) is 13.7. The molecule has 1 heterocycles. The van der Waals surface area contributed by atoms with Crippen molar-refractivity contribution in [3.05, 3.63) is 72.6 Å². The molecule has 142 valence electrons. The molecular formula is C23H23N3O2. The zero-order valence-electron chi connectivity index (χ0n) is 15.9. The molecule has 1 amide bonds. The summed E-state index contributed by atoms with van der Waals surface area (Å²) in [6.45, 7) is 3.25. The minimum Gasteiger partial charge on any atom is -0.486 e. The van der Waals surface area contributed by atoms with E-state index < -0.39 is 0 Å². The fourth-order valence-electron chi connectivity index (χ4n) is 3.28. The molecule has 0 aliphatic rings. The summed E-state index contributed by atoms with van der Waals surface area (Å²) >= 11 is 0. The van der Waals surface area contributed by atoms with Gasteiger partial charge in [0.15, 0.2) is 0 Å². The van der Waals surface area contributed by atoms with Crippen LogP contribution in [0.25, 0.3) is 21.8 Å². The monoisotopic (exact) mass is 373 g/mol. The molecule has 0 bridgehead atoms. The van der Waals surface area contributed by atoms with Gasteiger partial charge in [0.05, 0.1) is 11.0 Å². The van der Waals surface area contributed by atoms with E-state index in [0.717, 1.165) is 34.4 Å². The molecule has 5 heteroatoms. The maximum atomic E-state index is 12.3. The molecular weight excluding hydrogens is 350 g/mol. The molecule has 0 saturated heterocycles. The number of nitrogens with zero attached hydrogens (tertiary/aromatic N) is 2. The van der Waals surface area contributed by atoms with E-state index in [1.54, 1.807) is 0 Å². The quantitative estimate of drug-likeness (QED) is 0.526. The number of hydrogen-bond acceptors (Lipinski definition) is 3. The summed E-state index contributed by atoms with van der Waals surface area (Å²) in [4.78, 5) is 17.0. The summed E-state index contributed by atoms with van der Waals surface area (Å²) < 4.78 is 7.95. The Hall–Kier alpha value is -3.34. The van der Waals surface area contributed by atoms with Gasteiger partial charge in [0, 0.05) is 6.54 Å². The van der Waals surface area contributed by atoms with Crippen LogP contribution in [0.1, 0.15) is 19.2 Å². The molecule has 0 fully saturated rings. The van der Waals surface area contributed by atoms with Crippen LogP contribution in [0.5, 0.6) is 5.75 Å². The van der Waals surface area contributed by atoms with Gasteiger partial charge in [-0.1, -0.05) is 49.4 Å². The van der Waals surface area contributed by atoms with Crippen molar-refractivity contribution in [2.75, 3.05) is 6.54 Å². The summed E-state index contributed by atoms with van der Waals surface area (Å²) in [7, 11) is 0. The van der Waals surface area contributed by atoms with Gasteiger partial charge in [-0.15, -0.1) is 0 Å². The standard InChI is InChI=1S/C23H23N3O2/c1-2-13-24-23(27)15-26-21-10-6-5-9-20(21)25-22(26)16-28-19-12-11-17-7-3-4-8-18(17)14-19/h3-12,14H,2,13,15-16H2,1H3,(H,24,27). The minimum atomic E-state index is -0.0167. The number of para-hydroxylation sites is 2. The normalized spacial score (nSPS) is 11.0. The summed E-state index contributed by atoms with van der Waals surface area (Å²) in [5, 5.41) is 5.24. The molecule has 0 atom stereocenters. The summed E-state index contributed by atoms with van der Waals surface area (Å²) in [6, 6.07) is 22.1. The van der Waals surface area contributed by atoms with E-state index in [-0.39, 0.29) is 12.5 Å². The van der Waals surface area contributed by atoms with E-state index in [0.29, 0.717) is 13.2 Å². The highest BCUT2D eigenvalue weighted by molar-refractivity contribution is 5.84. The lowest BCUT2D eigenvalue weighted by Gasteiger charge is -2.11. The van der Waals surface area contributed by atoms with Gasteiger partial charge >= 0.3 is 0 Å². The Labute approximate surface area is 164 Å². The van der Waals surface area contributed by atoms with Crippen LogP contribution >= 0.6 is 0 Å². The summed E-state index contributed by atoms with van der Waals surface area (Å²) in [5.41, 5.74) is 1.80. The molecule has 0 spiro atoms. The second-order valence-corrected chi connectivity index (χ2v) is 6.75. The predicted molar refractivity (Wildman–Crippen MR) is 111 cm³/mol. The van der Waals surface area contributed by atoms with Crippen LogP contribution in [0.2, 0.25) is 0 Å². The fourth-order valence-corrected chi connectivity index (χ4v) is 3.28. The molecule has 3 aromatic carbocycles. The molecule has 4 aromatic rings. The molecule has 0 saturated carbocycles. The van der Waals surface area contributed by atoms with E-state index in [1.165, 1.54) is 5.39 Å². The second-order valence-electron chi connectivity index (χ2n) is 6.75. The number of fused-ring (bicyclic) bond motifs is 2. The largest absolute Gasteiger partial charge is 0.486 e. The van der Waals surface area contributed by atoms with Crippen LogP contribution in [0.3, 0.4) is 0 Å². The Balaban J connectivity index is 1.58. The van der Waals surface area contributed by atoms with Crippen LogP contribution in [-0.4, -0.2) is 22.0 Å². The minimum absolute atomic E-state index is 0.0167. The van der Waals surface area contributed by atoms with Gasteiger partial charge in [0.25, 0.3) is 0 Å². The number of nitrogens with one attached hydrogen (secondary N) is 1. The number of aromatic nitrogens is 2. The van der Waals surface area contributed by atoms with Gasteiger partial charge in [0.1, 0.15) is 24.7 Å². The number of benzene rings is 3. The van der Waals surface area contributed by atoms with E-state index in [9.17, 15) is 4.79 Å². The lowest BCUT2D eigenvalue weighted by atomic mass is 10.1. The van der Waals surface area contributed by atoms with Crippen molar-refractivity contribution in [1.29, 1.82) is 0 Å². The van der Waals surface area contributed by atoms with E-state index >= 15 is 0 Å². The van der Waals surface area contributed by atoms with Crippen LogP contribution < -0.4 is 10.1 Å². The SMILES string of the molecule is CCCNC(=O)Cn1c(COc2ccc3ccccc3c2)nc2ccccc21. The lowest BCUT2D eigenvalue weighted by Crippen LogP contribution is -2.28. The third kappa shape index (κ3) is 3.83. The van der Waals surface area contributed by atoms with Crippen molar-refractivity contribution in [1.82, 2.24) is 14.9 Å². The molecule has 28 heavy (non-hydrogen) atoms. The Morgan fingerprint density at radius 3 is 2.68 bits per heavy atom. The van der Waals surface area contributed by atoms with Crippen molar-refractivity contribution in [2.45, 2.75) is 26.5 Å². The zero-order valence-corrected chi connectivity index (χ0v) is 15.9. The number of ether oxygens (including phenoxy) is 1. The Morgan fingerprint density at radius 2 is 1.82 bits per heavy atom. The number of amides is 1. The smallest absolute Gasteiger partial charge is 0.240 e. The lowest BCUT2D eigenvalue weighted by molar-refractivity contribution is -0.121. The van der Waals surface area contributed by atoms with Crippen LogP contribution in [0.4, 0.5) is 0 Å². The average molecular weight is 373 g/mol. The van der Waals surface area contributed by atoms with Crippen LogP contribution in [0.15, 0.2) is 66.7 Å². The highest BCUT2D eigenvalue weighted by Crippen LogP contribution is 2.22. The average Bonchev–Trinajstić information content (AvgIpc) is 3.08. The summed E-state index contributed by atoms with van der Waals surface area (Å²) in [5.74, 6) is 1.51. The Kier molecular flexibility index (Phi) is 5.24. The zero-order chi connectivity index (χ0) is 19.3.